The molecule has 12 heavy (non-hydrogen) atoms. The Morgan fingerprint density at radius 3 is 2.50 bits per heavy atom. The summed E-state index contributed by atoms with van der Waals surface area (Å²) < 4.78 is 0. The number of hydrogen-bond acceptors (Lipinski definition) is 2. The van der Waals surface area contributed by atoms with Crippen LogP contribution >= 0.6 is 0 Å². The fourth-order valence-corrected chi connectivity index (χ4v) is 1.90. The van der Waals surface area contributed by atoms with Crippen LogP contribution in [0.25, 0.3) is 0 Å². The zero-order chi connectivity index (χ0) is 9.19. The van der Waals surface area contributed by atoms with E-state index >= 15 is 0 Å². The van der Waals surface area contributed by atoms with Crippen LogP contribution in [0.5, 0.6) is 0 Å². The molecule has 1 fully saturated rings. The maximum Gasteiger partial charge on any atom is 0.0125 e. The molecule has 1 aliphatic rings. The number of hydrogen-bond donors (Lipinski definition) is 1. The van der Waals surface area contributed by atoms with Crippen molar-refractivity contribution in [3.8, 4) is 0 Å². The maximum atomic E-state index is 3.25. The third-order valence-electron chi connectivity index (χ3n) is 2.73. The van der Waals surface area contributed by atoms with Crippen LogP contribution in [0.15, 0.2) is 0 Å². The van der Waals surface area contributed by atoms with Crippen molar-refractivity contribution >= 4 is 0 Å². The van der Waals surface area contributed by atoms with Crippen LogP contribution in [0.2, 0.25) is 0 Å². The Hall–Kier alpha value is -0.0800. The summed E-state index contributed by atoms with van der Waals surface area (Å²) in [6.45, 7) is 10.6. The summed E-state index contributed by atoms with van der Waals surface area (Å²) in [6.07, 6.45) is 1.36. The first kappa shape index (κ1) is 10.0. The molecule has 0 bridgehead atoms. The molecule has 0 aromatic heterocycles. The third-order valence-corrected chi connectivity index (χ3v) is 2.73. The van der Waals surface area contributed by atoms with E-state index in [9.17, 15) is 0 Å². The van der Waals surface area contributed by atoms with Gasteiger partial charge in [-0.3, -0.25) is 4.90 Å². The summed E-state index contributed by atoms with van der Waals surface area (Å²) in [5.41, 5.74) is 0.364. The summed E-state index contributed by atoms with van der Waals surface area (Å²) in [5.74, 6) is 0.870. The van der Waals surface area contributed by atoms with Crippen molar-refractivity contribution in [1.29, 1.82) is 0 Å². The van der Waals surface area contributed by atoms with Gasteiger partial charge in [0, 0.05) is 12.1 Å². The van der Waals surface area contributed by atoms with Gasteiger partial charge < -0.3 is 5.32 Å². The number of rotatable bonds is 2. The largest absolute Gasteiger partial charge is 0.319 e. The minimum Gasteiger partial charge on any atom is -0.319 e. The fourth-order valence-electron chi connectivity index (χ4n) is 1.90. The van der Waals surface area contributed by atoms with Crippen LogP contribution in [-0.4, -0.2) is 37.1 Å². The predicted octanol–water partition coefficient (Wildman–Crippen LogP) is 1.33. The van der Waals surface area contributed by atoms with Gasteiger partial charge in [-0.15, -0.1) is 0 Å². The molecule has 2 heteroatoms. The molecule has 2 nitrogen and oxygen atoms in total. The Morgan fingerprint density at radius 2 is 2.08 bits per heavy atom. The van der Waals surface area contributed by atoms with E-state index in [4.69, 9.17) is 0 Å². The molecule has 1 rings (SSSR count). The molecule has 0 radical (unpaired) electrons. The van der Waals surface area contributed by atoms with Gasteiger partial charge in [0.25, 0.3) is 0 Å². The number of likely N-dealkylation sites (tertiary alicyclic amines) is 1. The first-order valence-electron chi connectivity index (χ1n) is 4.93. The molecule has 0 spiro atoms. The summed E-state index contributed by atoms with van der Waals surface area (Å²) in [5, 5.41) is 3.25. The molecule has 0 aliphatic carbocycles. The molecule has 1 N–H and O–H groups in total. The highest BCUT2D eigenvalue weighted by atomic mass is 15.2. The Balaban J connectivity index is 2.35. The molecule has 1 heterocycles. The van der Waals surface area contributed by atoms with E-state index in [0.717, 1.165) is 5.92 Å². The second-order valence-electron chi connectivity index (χ2n) is 4.83. The van der Waals surface area contributed by atoms with Crippen LogP contribution in [0.4, 0.5) is 0 Å². The van der Waals surface area contributed by atoms with Gasteiger partial charge in [-0.05, 0) is 53.2 Å². The summed E-state index contributed by atoms with van der Waals surface area (Å²) >= 11 is 0. The van der Waals surface area contributed by atoms with Crippen molar-refractivity contribution in [3.63, 3.8) is 0 Å². The van der Waals surface area contributed by atoms with Crippen molar-refractivity contribution in [2.24, 2.45) is 5.92 Å². The minimum absolute atomic E-state index is 0.364. The second-order valence-corrected chi connectivity index (χ2v) is 4.83. The topological polar surface area (TPSA) is 15.3 Å². The first-order valence-corrected chi connectivity index (χ1v) is 4.93. The van der Waals surface area contributed by atoms with Crippen LogP contribution in [-0.2, 0) is 0 Å². The molecule has 0 amide bonds. The van der Waals surface area contributed by atoms with Crippen molar-refractivity contribution in [1.82, 2.24) is 10.2 Å². The lowest BCUT2D eigenvalue weighted by molar-refractivity contribution is 0.168. The molecule has 1 atom stereocenters. The molecular weight excluding hydrogens is 148 g/mol. The van der Waals surface area contributed by atoms with E-state index in [1.807, 2.05) is 7.05 Å². The van der Waals surface area contributed by atoms with Crippen LogP contribution in [0.3, 0.4) is 0 Å². The predicted molar refractivity (Wildman–Crippen MR) is 53.4 cm³/mol. The van der Waals surface area contributed by atoms with Gasteiger partial charge in [0.15, 0.2) is 0 Å². The molecule has 0 aromatic carbocycles. The van der Waals surface area contributed by atoms with E-state index in [-0.39, 0.29) is 0 Å². The summed E-state index contributed by atoms with van der Waals surface area (Å²) in [6, 6.07) is 0. The number of nitrogens with one attached hydrogen (secondary N) is 1. The van der Waals surface area contributed by atoms with Gasteiger partial charge in [0.05, 0.1) is 0 Å². The van der Waals surface area contributed by atoms with Gasteiger partial charge in [-0.2, -0.15) is 0 Å². The first-order chi connectivity index (χ1) is 5.54. The SMILES string of the molecule is CNCC1CCN(C(C)(C)C)C1. The Morgan fingerprint density at radius 1 is 1.42 bits per heavy atom. The summed E-state index contributed by atoms with van der Waals surface area (Å²) in [7, 11) is 2.04. The van der Waals surface area contributed by atoms with E-state index in [2.05, 4.69) is 31.0 Å². The molecule has 1 unspecified atom stereocenters. The Bertz CT molecular complexity index is 137. The smallest absolute Gasteiger partial charge is 0.0125 e. The highest BCUT2D eigenvalue weighted by Gasteiger charge is 2.29. The van der Waals surface area contributed by atoms with Crippen LogP contribution in [0.1, 0.15) is 27.2 Å². The van der Waals surface area contributed by atoms with E-state index in [1.165, 1.54) is 26.1 Å². The van der Waals surface area contributed by atoms with Gasteiger partial charge in [0.2, 0.25) is 0 Å². The van der Waals surface area contributed by atoms with Gasteiger partial charge in [-0.1, -0.05) is 0 Å². The van der Waals surface area contributed by atoms with Crippen LogP contribution in [0, 0.1) is 5.92 Å². The van der Waals surface area contributed by atoms with Crippen molar-refractivity contribution in [3.05, 3.63) is 0 Å². The second kappa shape index (κ2) is 3.75. The van der Waals surface area contributed by atoms with Gasteiger partial charge in [0.1, 0.15) is 0 Å². The monoisotopic (exact) mass is 170 g/mol. The lowest BCUT2D eigenvalue weighted by Crippen LogP contribution is -2.40. The molecule has 72 valence electrons. The third kappa shape index (κ3) is 2.46. The van der Waals surface area contributed by atoms with E-state index in [0.29, 0.717) is 5.54 Å². The van der Waals surface area contributed by atoms with Gasteiger partial charge in [-0.25, -0.2) is 0 Å². The molecule has 0 saturated carbocycles. The molecule has 1 aliphatic heterocycles. The van der Waals surface area contributed by atoms with E-state index < -0.39 is 0 Å². The number of nitrogens with zero attached hydrogens (tertiary/aromatic N) is 1. The highest BCUT2D eigenvalue weighted by molar-refractivity contribution is 4.85. The Kier molecular flexibility index (Phi) is 3.13. The molecular formula is C10H22N2. The normalized spacial score (nSPS) is 26.5. The average Bonchev–Trinajstić information content (AvgIpc) is 2.35. The zero-order valence-corrected chi connectivity index (χ0v) is 8.85. The standard InChI is InChI=1S/C10H22N2/c1-10(2,3)12-6-5-9(8-12)7-11-4/h9,11H,5-8H2,1-4H3. The quantitative estimate of drug-likeness (QED) is 0.672. The van der Waals surface area contributed by atoms with E-state index in [1.54, 1.807) is 0 Å². The highest BCUT2D eigenvalue weighted by Crippen LogP contribution is 2.23. The molecule has 1 saturated heterocycles. The average molecular weight is 170 g/mol. The van der Waals surface area contributed by atoms with Crippen molar-refractivity contribution in [2.75, 3.05) is 26.7 Å². The maximum absolute atomic E-state index is 3.25. The zero-order valence-electron chi connectivity index (χ0n) is 8.85. The minimum atomic E-state index is 0.364. The van der Waals surface area contributed by atoms with Crippen molar-refractivity contribution < 1.29 is 0 Å². The fraction of sp³-hybridized carbons (Fsp3) is 1.00. The summed E-state index contributed by atoms with van der Waals surface area (Å²) in [4.78, 5) is 2.58. The lowest BCUT2D eigenvalue weighted by Gasteiger charge is -2.31. The lowest BCUT2D eigenvalue weighted by atomic mass is 10.1. The molecule has 0 aromatic rings. The van der Waals surface area contributed by atoms with Crippen molar-refractivity contribution in [2.45, 2.75) is 32.7 Å². The van der Waals surface area contributed by atoms with Gasteiger partial charge >= 0.3 is 0 Å². The Labute approximate surface area is 76.3 Å². The van der Waals surface area contributed by atoms with Crippen LogP contribution < -0.4 is 5.32 Å².